The van der Waals surface area contributed by atoms with Crippen LogP contribution in [0.15, 0.2) is 47.5 Å². The molecule has 6 heteroatoms. The Morgan fingerprint density at radius 2 is 1.85 bits per heavy atom. The number of hydrogen-bond donors (Lipinski definition) is 2. The van der Waals surface area contributed by atoms with Crippen molar-refractivity contribution < 1.29 is 0 Å². The molecule has 0 atom stereocenters. The van der Waals surface area contributed by atoms with Crippen molar-refractivity contribution in [2.75, 3.05) is 31.6 Å². The summed E-state index contributed by atoms with van der Waals surface area (Å²) in [6.07, 6.45) is 5.42. The first-order valence-electron chi connectivity index (χ1n) is 9.60. The van der Waals surface area contributed by atoms with Gasteiger partial charge in [-0.05, 0) is 44.0 Å². The Balaban J connectivity index is 1.39. The van der Waals surface area contributed by atoms with Gasteiger partial charge in [-0.1, -0.05) is 24.3 Å². The van der Waals surface area contributed by atoms with Crippen LogP contribution in [0.1, 0.15) is 23.4 Å². The van der Waals surface area contributed by atoms with E-state index < -0.39 is 0 Å². The molecule has 0 saturated carbocycles. The van der Waals surface area contributed by atoms with Gasteiger partial charge in [0.05, 0.1) is 5.69 Å². The molecule has 0 fully saturated rings. The summed E-state index contributed by atoms with van der Waals surface area (Å²) in [7, 11) is 1.81. The van der Waals surface area contributed by atoms with Crippen LogP contribution in [0.5, 0.6) is 0 Å². The van der Waals surface area contributed by atoms with Crippen LogP contribution in [0.25, 0.3) is 0 Å². The lowest BCUT2D eigenvalue weighted by Gasteiger charge is -2.18. The lowest BCUT2D eigenvalue weighted by Crippen LogP contribution is -2.37. The van der Waals surface area contributed by atoms with Crippen LogP contribution >= 0.6 is 0 Å². The SMILES string of the molecule is CN=C(NCCCn1nc(C)cc1C)NCc1ccc(N2CC=CC2)cc1. The summed E-state index contributed by atoms with van der Waals surface area (Å²) < 4.78 is 2.06. The molecule has 27 heavy (non-hydrogen) atoms. The zero-order chi connectivity index (χ0) is 19.1. The number of rotatable bonds is 7. The number of aryl methyl sites for hydroxylation is 3. The first-order valence-corrected chi connectivity index (χ1v) is 9.60. The fourth-order valence-electron chi connectivity index (χ4n) is 3.26. The van der Waals surface area contributed by atoms with Crippen molar-refractivity contribution in [3.05, 3.63) is 59.4 Å². The Kier molecular flexibility index (Phi) is 6.52. The summed E-state index contributed by atoms with van der Waals surface area (Å²) in [4.78, 5) is 6.65. The summed E-state index contributed by atoms with van der Waals surface area (Å²) >= 11 is 0. The van der Waals surface area contributed by atoms with Gasteiger partial charge in [-0.2, -0.15) is 5.10 Å². The van der Waals surface area contributed by atoms with E-state index >= 15 is 0 Å². The third-order valence-electron chi connectivity index (χ3n) is 4.75. The van der Waals surface area contributed by atoms with Crippen molar-refractivity contribution in [3.63, 3.8) is 0 Å². The molecule has 144 valence electrons. The molecule has 0 saturated heterocycles. The normalized spacial score (nSPS) is 14.0. The molecule has 2 aromatic rings. The minimum atomic E-state index is 0.760. The molecule has 1 aromatic carbocycles. The molecular formula is C21H30N6. The molecule has 3 rings (SSSR count). The average molecular weight is 367 g/mol. The molecule has 2 N–H and O–H groups in total. The third-order valence-corrected chi connectivity index (χ3v) is 4.75. The Hall–Kier alpha value is -2.76. The van der Waals surface area contributed by atoms with Crippen LogP contribution in [-0.2, 0) is 13.1 Å². The molecule has 0 spiro atoms. The number of anilines is 1. The van der Waals surface area contributed by atoms with E-state index in [9.17, 15) is 0 Å². The predicted molar refractivity (Wildman–Crippen MR) is 112 cm³/mol. The maximum atomic E-state index is 4.49. The number of nitrogens with one attached hydrogen (secondary N) is 2. The monoisotopic (exact) mass is 366 g/mol. The molecule has 0 unspecified atom stereocenters. The number of hydrogen-bond acceptors (Lipinski definition) is 3. The van der Waals surface area contributed by atoms with E-state index in [2.05, 4.69) is 79.7 Å². The van der Waals surface area contributed by atoms with Crippen molar-refractivity contribution in [2.24, 2.45) is 4.99 Å². The number of benzene rings is 1. The van der Waals surface area contributed by atoms with Crippen LogP contribution in [-0.4, -0.2) is 42.4 Å². The van der Waals surface area contributed by atoms with Crippen LogP contribution in [0, 0.1) is 13.8 Å². The number of guanidine groups is 1. The average Bonchev–Trinajstić information content (AvgIpc) is 3.31. The number of aliphatic imine (C=N–C) groups is 1. The maximum absolute atomic E-state index is 4.49. The van der Waals surface area contributed by atoms with E-state index in [4.69, 9.17) is 0 Å². The molecule has 6 nitrogen and oxygen atoms in total. The van der Waals surface area contributed by atoms with Crippen LogP contribution in [0.2, 0.25) is 0 Å². The highest BCUT2D eigenvalue weighted by Crippen LogP contribution is 2.17. The van der Waals surface area contributed by atoms with E-state index in [1.165, 1.54) is 16.9 Å². The highest BCUT2D eigenvalue weighted by molar-refractivity contribution is 5.79. The second-order valence-electron chi connectivity index (χ2n) is 6.90. The van der Waals surface area contributed by atoms with E-state index in [-0.39, 0.29) is 0 Å². The zero-order valence-corrected chi connectivity index (χ0v) is 16.6. The molecule has 1 aliphatic heterocycles. The van der Waals surface area contributed by atoms with Gasteiger partial charge in [-0.15, -0.1) is 0 Å². The van der Waals surface area contributed by atoms with Gasteiger partial charge in [0, 0.05) is 51.2 Å². The third kappa shape index (κ3) is 5.36. The summed E-state index contributed by atoms with van der Waals surface area (Å²) in [5.41, 5.74) is 4.81. The maximum Gasteiger partial charge on any atom is 0.191 e. The Morgan fingerprint density at radius 1 is 1.11 bits per heavy atom. The van der Waals surface area contributed by atoms with Gasteiger partial charge in [0.15, 0.2) is 5.96 Å². The standard InChI is InChI=1S/C21H30N6/c1-17-15-18(2)27(25-17)14-6-11-23-21(22-3)24-16-19-7-9-20(10-8-19)26-12-4-5-13-26/h4-5,7-10,15H,6,11-14,16H2,1-3H3,(H2,22,23,24). The fourth-order valence-corrected chi connectivity index (χ4v) is 3.26. The first-order chi connectivity index (χ1) is 13.2. The molecule has 0 aliphatic carbocycles. The van der Waals surface area contributed by atoms with Crippen molar-refractivity contribution in [1.82, 2.24) is 20.4 Å². The van der Waals surface area contributed by atoms with Crippen molar-refractivity contribution in [2.45, 2.75) is 33.4 Å². The molecule has 0 radical (unpaired) electrons. The molecular weight excluding hydrogens is 336 g/mol. The summed E-state index contributed by atoms with van der Waals surface area (Å²) in [6.45, 7) is 8.67. The van der Waals surface area contributed by atoms with Gasteiger partial charge >= 0.3 is 0 Å². The summed E-state index contributed by atoms with van der Waals surface area (Å²) in [6, 6.07) is 10.8. The Morgan fingerprint density at radius 3 is 2.48 bits per heavy atom. The zero-order valence-electron chi connectivity index (χ0n) is 16.6. The van der Waals surface area contributed by atoms with Gasteiger partial charge in [0.25, 0.3) is 0 Å². The molecule has 2 heterocycles. The quantitative estimate of drug-likeness (QED) is 0.342. The van der Waals surface area contributed by atoms with Crippen molar-refractivity contribution in [1.29, 1.82) is 0 Å². The largest absolute Gasteiger partial charge is 0.364 e. The van der Waals surface area contributed by atoms with Crippen molar-refractivity contribution in [3.8, 4) is 0 Å². The molecule has 1 aliphatic rings. The van der Waals surface area contributed by atoms with Crippen LogP contribution < -0.4 is 15.5 Å². The number of nitrogens with zero attached hydrogens (tertiary/aromatic N) is 4. The fraction of sp³-hybridized carbons (Fsp3) is 0.429. The lowest BCUT2D eigenvalue weighted by atomic mass is 10.2. The van der Waals surface area contributed by atoms with Gasteiger partial charge in [-0.3, -0.25) is 9.67 Å². The highest BCUT2D eigenvalue weighted by Gasteiger charge is 2.07. The minimum absolute atomic E-state index is 0.760. The predicted octanol–water partition coefficient (Wildman–Crippen LogP) is 2.63. The smallest absolute Gasteiger partial charge is 0.191 e. The lowest BCUT2D eigenvalue weighted by molar-refractivity contribution is 0.555. The first kappa shape index (κ1) is 19.0. The van der Waals surface area contributed by atoms with E-state index in [0.29, 0.717) is 0 Å². The summed E-state index contributed by atoms with van der Waals surface area (Å²) in [5.74, 6) is 0.830. The van der Waals surface area contributed by atoms with E-state index in [0.717, 1.165) is 50.8 Å². The summed E-state index contributed by atoms with van der Waals surface area (Å²) in [5, 5.41) is 11.2. The van der Waals surface area contributed by atoms with Gasteiger partial charge in [-0.25, -0.2) is 0 Å². The molecule has 0 bridgehead atoms. The minimum Gasteiger partial charge on any atom is -0.364 e. The highest BCUT2D eigenvalue weighted by atomic mass is 15.3. The second kappa shape index (κ2) is 9.26. The van der Waals surface area contributed by atoms with Crippen LogP contribution in [0.3, 0.4) is 0 Å². The van der Waals surface area contributed by atoms with Crippen LogP contribution in [0.4, 0.5) is 5.69 Å². The van der Waals surface area contributed by atoms with E-state index in [1.807, 2.05) is 6.92 Å². The number of aromatic nitrogens is 2. The Labute approximate surface area is 162 Å². The van der Waals surface area contributed by atoms with Gasteiger partial charge in [0.1, 0.15) is 0 Å². The van der Waals surface area contributed by atoms with E-state index in [1.54, 1.807) is 7.05 Å². The van der Waals surface area contributed by atoms with Crippen molar-refractivity contribution >= 4 is 11.6 Å². The molecule has 1 aromatic heterocycles. The topological polar surface area (TPSA) is 57.5 Å². The second-order valence-corrected chi connectivity index (χ2v) is 6.90. The van der Waals surface area contributed by atoms with Gasteiger partial charge in [0.2, 0.25) is 0 Å². The molecule has 0 amide bonds. The van der Waals surface area contributed by atoms with Gasteiger partial charge < -0.3 is 15.5 Å². The Bertz CT molecular complexity index is 780.